The van der Waals surface area contributed by atoms with Crippen molar-refractivity contribution in [2.45, 2.75) is 44.1 Å². The zero-order chi connectivity index (χ0) is 27.3. The van der Waals surface area contributed by atoms with Gasteiger partial charge in [0.1, 0.15) is 10.8 Å². The van der Waals surface area contributed by atoms with E-state index in [2.05, 4.69) is 20.7 Å². The number of nitrogens with zero attached hydrogens (tertiary/aromatic N) is 1. The molecule has 0 unspecified atom stereocenters. The Labute approximate surface area is 227 Å². The number of urea groups is 1. The second kappa shape index (κ2) is 12.2. The molecule has 0 saturated carbocycles. The fraction of sp³-hybridized carbons (Fsp3) is 0.375. The second-order valence-corrected chi connectivity index (χ2v) is 10.9. The lowest BCUT2D eigenvalue weighted by Crippen LogP contribution is -2.31. The number of carbonyl (C=O) groups is 3. The van der Waals surface area contributed by atoms with E-state index in [0.717, 1.165) is 23.4 Å². The maximum Gasteiger partial charge on any atom is 0.387 e. The van der Waals surface area contributed by atoms with Crippen LogP contribution < -0.4 is 20.7 Å². The number of rotatable bonds is 5. The van der Waals surface area contributed by atoms with Gasteiger partial charge in [-0.15, -0.1) is 0 Å². The Morgan fingerprint density at radius 1 is 1.08 bits per heavy atom. The Balaban J connectivity index is 1.80. The van der Waals surface area contributed by atoms with Crippen molar-refractivity contribution in [3.8, 4) is 5.75 Å². The Kier molecular flexibility index (Phi) is 9.49. The first-order valence-electron chi connectivity index (χ1n) is 11.2. The highest BCUT2D eigenvalue weighted by atomic mass is 35.5. The van der Waals surface area contributed by atoms with Crippen molar-refractivity contribution in [3.63, 3.8) is 0 Å². The first-order valence-corrected chi connectivity index (χ1v) is 12.8. The average Bonchev–Trinajstić information content (AvgIpc) is 3.03. The number of benzene rings is 2. The molecule has 2 aromatic carbocycles. The fourth-order valence-electron chi connectivity index (χ4n) is 3.38. The molecular formula is C24H26Cl2F2N4O4S. The van der Waals surface area contributed by atoms with E-state index in [9.17, 15) is 23.2 Å². The van der Waals surface area contributed by atoms with Crippen LogP contribution in [0.15, 0.2) is 35.2 Å². The maximum absolute atomic E-state index is 13.0. The van der Waals surface area contributed by atoms with Crippen molar-refractivity contribution in [3.05, 3.63) is 45.9 Å². The van der Waals surface area contributed by atoms with Gasteiger partial charge in [-0.1, -0.05) is 50.0 Å². The molecule has 37 heavy (non-hydrogen) atoms. The summed E-state index contributed by atoms with van der Waals surface area (Å²) < 4.78 is 29.3. The molecule has 2 aromatic rings. The van der Waals surface area contributed by atoms with Crippen LogP contribution in [-0.2, 0) is 10.2 Å². The molecule has 8 nitrogen and oxygen atoms in total. The molecular weight excluding hydrogens is 549 g/mol. The molecule has 0 aliphatic carbocycles. The number of amides is 4. The van der Waals surface area contributed by atoms with Gasteiger partial charge < -0.3 is 25.6 Å². The number of nitrogens with one attached hydrogen (secondary N) is 3. The summed E-state index contributed by atoms with van der Waals surface area (Å²) in [6, 6.07) is 7.12. The summed E-state index contributed by atoms with van der Waals surface area (Å²) in [4.78, 5) is 39.5. The van der Waals surface area contributed by atoms with Crippen LogP contribution >= 0.6 is 35.0 Å². The van der Waals surface area contributed by atoms with Crippen molar-refractivity contribution < 1.29 is 27.9 Å². The highest BCUT2D eigenvalue weighted by Gasteiger charge is 2.23. The van der Waals surface area contributed by atoms with E-state index in [1.807, 2.05) is 32.9 Å². The van der Waals surface area contributed by atoms with E-state index in [-0.39, 0.29) is 44.5 Å². The van der Waals surface area contributed by atoms with Gasteiger partial charge in [-0.2, -0.15) is 8.78 Å². The number of thioether (sulfide) groups is 1. The molecule has 1 fully saturated rings. The Morgan fingerprint density at radius 2 is 1.76 bits per heavy atom. The van der Waals surface area contributed by atoms with E-state index in [4.69, 9.17) is 23.2 Å². The number of ether oxygens (including phenoxy) is 1. The number of halogens is 4. The third-order valence-electron chi connectivity index (χ3n) is 5.38. The minimum atomic E-state index is -3.09. The molecule has 1 saturated heterocycles. The maximum atomic E-state index is 13.0. The predicted octanol–water partition coefficient (Wildman–Crippen LogP) is 6.57. The van der Waals surface area contributed by atoms with Gasteiger partial charge in [-0.3, -0.25) is 9.59 Å². The van der Waals surface area contributed by atoms with Gasteiger partial charge in [0.05, 0.1) is 16.4 Å². The molecule has 1 aliphatic heterocycles. The van der Waals surface area contributed by atoms with Crippen LogP contribution in [0.1, 0.15) is 32.8 Å². The van der Waals surface area contributed by atoms with Gasteiger partial charge in [-0.05, 0) is 47.0 Å². The first kappa shape index (κ1) is 28.8. The minimum Gasteiger partial charge on any atom is -0.433 e. The summed E-state index contributed by atoms with van der Waals surface area (Å²) >= 11 is 13.1. The molecule has 0 bridgehead atoms. The summed E-state index contributed by atoms with van der Waals surface area (Å²) in [5.74, 6) is -0.436. The van der Waals surface area contributed by atoms with Crippen LogP contribution in [0.3, 0.4) is 0 Å². The van der Waals surface area contributed by atoms with E-state index in [1.54, 1.807) is 11.0 Å². The lowest BCUT2D eigenvalue weighted by molar-refractivity contribution is -0.120. The zero-order valence-corrected chi connectivity index (χ0v) is 22.6. The third kappa shape index (κ3) is 7.86. The van der Waals surface area contributed by atoms with Crippen LogP contribution in [0.4, 0.5) is 29.7 Å². The molecule has 1 heterocycles. The third-order valence-corrected chi connectivity index (χ3v) is 7.23. The topological polar surface area (TPSA) is 99.8 Å². The predicted molar refractivity (Wildman–Crippen MR) is 141 cm³/mol. The molecule has 0 atom stereocenters. The van der Waals surface area contributed by atoms with Crippen molar-refractivity contribution >= 4 is 63.5 Å². The molecule has 0 spiro atoms. The van der Waals surface area contributed by atoms with E-state index in [1.165, 1.54) is 6.07 Å². The molecule has 0 radical (unpaired) electrons. The van der Waals surface area contributed by atoms with E-state index in [0.29, 0.717) is 30.2 Å². The summed E-state index contributed by atoms with van der Waals surface area (Å²) in [5.41, 5.74) is 1.17. The highest BCUT2D eigenvalue weighted by molar-refractivity contribution is 8.13. The van der Waals surface area contributed by atoms with Crippen LogP contribution in [0.2, 0.25) is 10.0 Å². The summed E-state index contributed by atoms with van der Waals surface area (Å²) in [6.07, 6.45) is 0.215. The van der Waals surface area contributed by atoms with Crippen molar-refractivity contribution in [1.29, 1.82) is 0 Å². The standard InChI is InChI=1S/C24H26Cl2F2N4O4S/c1-24(2,3)13-4-5-14(17(12-13)37-23(35)32-10-8-18(33)29-9-11-32)30-22(34)31-15-6-7-16(36-21(27)28)20(26)19(15)25/h4-7,12,21H,8-11H2,1-3H3,(H,29,33)(H2,30,31,34). The van der Waals surface area contributed by atoms with Crippen molar-refractivity contribution in [2.24, 2.45) is 0 Å². The number of carbonyl (C=O) groups excluding carboxylic acids is 3. The quantitative estimate of drug-likeness (QED) is 0.351. The number of hydrogen-bond donors (Lipinski definition) is 3. The Bertz CT molecular complexity index is 1190. The Morgan fingerprint density at radius 3 is 2.43 bits per heavy atom. The fourth-order valence-corrected chi connectivity index (χ4v) is 4.70. The van der Waals surface area contributed by atoms with Crippen LogP contribution in [-0.4, -0.2) is 48.3 Å². The first-order chi connectivity index (χ1) is 17.3. The molecule has 0 aromatic heterocycles. The van der Waals surface area contributed by atoms with Crippen LogP contribution in [0.25, 0.3) is 0 Å². The molecule has 3 rings (SSSR count). The van der Waals surface area contributed by atoms with Crippen molar-refractivity contribution in [1.82, 2.24) is 10.2 Å². The lowest BCUT2D eigenvalue weighted by atomic mass is 9.87. The molecule has 13 heteroatoms. The van der Waals surface area contributed by atoms with Gasteiger partial charge >= 0.3 is 12.6 Å². The van der Waals surface area contributed by atoms with Gasteiger partial charge in [-0.25, -0.2) is 4.79 Å². The smallest absolute Gasteiger partial charge is 0.387 e. The normalized spacial score (nSPS) is 14.2. The monoisotopic (exact) mass is 574 g/mol. The minimum absolute atomic E-state index is 0.0732. The largest absolute Gasteiger partial charge is 0.433 e. The zero-order valence-electron chi connectivity index (χ0n) is 20.3. The second-order valence-electron chi connectivity index (χ2n) is 9.11. The summed E-state index contributed by atoms with van der Waals surface area (Å²) in [7, 11) is 0. The molecule has 200 valence electrons. The summed E-state index contributed by atoms with van der Waals surface area (Å²) in [6.45, 7) is 4.03. The summed E-state index contributed by atoms with van der Waals surface area (Å²) in [5, 5.41) is 7.25. The van der Waals surface area contributed by atoms with Crippen LogP contribution in [0, 0.1) is 0 Å². The molecule has 4 amide bonds. The highest BCUT2D eigenvalue weighted by Crippen LogP contribution is 2.39. The molecule has 3 N–H and O–H groups in total. The number of alkyl halides is 2. The number of anilines is 2. The molecule has 1 aliphatic rings. The van der Waals surface area contributed by atoms with E-state index >= 15 is 0 Å². The average molecular weight is 575 g/mol. The Hall–Kier alpha value is -2.76. The lowest BCUT2D eigenvalue weighted by Gasteiger charge is -2.23. The van der Waals surface area contributed by atoms with Crippen LogP contribution in [0.5, 0.6) is 5.75 Å². The van der Waals surface area contributed by atoms with Gasteiger partial charge in [0.15, 0.2) is 0 Å². The van der Waals surface area contributed by atoms with Gasteiger partial charge in [0, 0.05) is 31.0 Å². The van der Waals surface area contributed by atoms with Crippen molar-refractivity contribution in [2.75, 3.05) is 30.3 Å². The van der Waals surface area contributed by atoms with Gasteiger partial charge in [0.25, 0.3) is 5.24 Å². The van der Waals surface area contributed by atoms with E-state index < -0.39 is 12.6 Å². The van der Waals surface area contributed by atoms with Gasteiger partial charge in [0.2, 0.25) is 5.91 Å². The number of hydrogen-bond acceptors (Lipinski definition) is 5. The SMILES string of the molecule is CC(C)(C)c1ccc(NC(=O)Nc2ccc(OC(F)F)c(Cl)c2Cl)c(SC(=O)N2CCNC(=O)CC2)c1.